The number of thioether (sulfide) groups is 1. The molecule has 4 rings (SSSR count). The summed E-state index contributed by atoms with van der Waals surface area (Å²) >= 11 is 1.77. The third-order valence-corrected chi connectivity index (χ3v) is 6.08. The van der Waals surface area contributed by atoms with Gasteiger partial charge in [-0.15, -0.1) is 0 Å². The molecule has 0 spiro atoms. The normalized spacial score (nSPS) is 17.0. The first-order valence-electron chi connectivity index (χ1n) is 9.08. The summed E-state index contributed by atoms with van der Waals surface area (Å²) in [5.74, 6) is 1.18. The predicted molar refractivity (Wildman–Crippen MR) is 106 cm³/mol. The molecule has 2 amide bonds. The molecule has 2 aliphatic heterocycles. The van der Waals surface area contributed by atoms with Gasteiger partial charge in [-0.3, -0.25) is 9.59 Å². The number of nitrogens with zero attached hydrogens (tertiary/aromatic N) is 4. The minimum absolute atomic E-state index is 0.472. The molecular formula is C19H23N5O2S. The second-order valence-corrected chi connectivity index (χ2v) is 8.00. The Morgan fingerprint density at radius 1 is 1.11 bits per heavy atom. The van der Waals surface area contributed by atoms with Crippen molar-refractivity contribution in [2.24, 2.45) is 0 Å². The Bertz CT molecular complexity index is 886. The van der Waals surface area contributed by atoms with Crippen LogP contribution in [0.25, 0.3) is 5.69 Å². The van der Waals surface area contributed by atoms with Gasteiger partial charge in [0.25, 0.3) is 0 Å². The molecule has 1 aromatic carbocycles. The highest BCUT2D eigenvalue weighted by Crippen LogP contribution is 2.36. The number of para-hydroxylation sites is 1. The number of benzene rings is 1. The Kier molecular flexibility index (Phi) is 4.92. The van der Waals surface area contributed by atoms with Crippen molar-refractivity contribution in [1.29, 1.82) is 0 Å². The Labute approximate surface area is 162 Å². The SMILES string of the molecule is Cc1ccccc1-n1nc2c(c1NC(=O)C(=O)N1CCN(C)CC1)CSC2. The second kappa shape index (κ2) is 7.36. The maximum atomic E-state index is 12.7. The Balaban J connectivity index is 1.61. The van der Waals surface area contributed by atoms with E-state index in [-0.39, 0.29) is 0 Å². The largest absolute Gasteiger partial charge is 0.332 e. The highest BCUT2D eigenvalue weighted by molar-refractivity contribution is 7.98. The van der Waals surface area contributed by atoms with Gasteiger partial charge in [-0.1, -0.05) is 18.2 Å². The van der Waals surface area contributed by atoms with E-state index in [4.69, 9.17) is 5.10 Å². The number of anilines is 1. The summed E-state index contributed by atoms with van der Waals surface area (Å²) in [6.45, 7) is 4.73. The van der Waals surface area contributed by atoms with Crippen molar-refractivity contribution in [3.8, 4) is 5.69 Å². The van der Waals surface area contributed by atoms with Crippen molar-refractivity contribution in [3.05, 3.63) is 41.1 Å². The molecule has 7 nitrogen and oxygen atoms in total. The molecule has 2 aromatic rings. The van der Waals surface area contributed by atoms with Gasteiger partial charge in [0.1, 0.15) is 5.82 Å². The summed E-state index contributed by atoms with van der Waals surface area (Å²) in [6.07, 6.45) is 0. The van der Waals surface area contributed by atoms with Gasteiger partial charge in [0.05, 0.1) is 11.4 Å². The van der Waals surface area contributed by atoms with Crippen LogP contribution in [0.1, 0.15) is 16.8 Å². The number of amides is 2. The number of fused-ring (bicyclic) bond motifs is 1. The van der Waals surface area contributed by atoms with Crippen LogP contribution in [0.3, 0.4) is 0 Å². The van der Waals surface area contributed by atoms with Gasteiger partial charge in [0.15, 0.2) is 0 Å². The van der Waals surface area contributed by atoms with Crippen LogP contribution in [0.5, 0.6) is 0 Å². The third kappa shape index (κ3) is 3.46. The summed E-state index contributed by atoms with van der Waals surface area (Å²) < 4.78 is 1.77. The lowest BCUT2D eigenvalue weighted by atomic mass is 10.2. The molecule has 3 heterocycles. The van der Waals surface area contributed by atoms with Gasteiger partial charge in [-0.25, -0.2) is 4.68 Å². The second-order valence-electron chi connectivity index (χ2n) is 7.01. The molecule has 1 fully saturated rings. The number of aromatic nitrogens is 2. The maximum absolute atomic E-state index is 12.7. The minimum atomic E-state index is -0.589. The van der Waals surface area contributed by atoms with Crippen LogP contribution in [-0.4, -0.2) is 64.6 Å². The molecule has 142 valence electrons. The lowest BCUT2D eigenvalue weighted by Crippen LogP contribution is -2.50. The summed E-state index contributed by atoms with van der Waals surface area (Å²) in [7, 11) is 2.02. The number of hydrogen-bond donors (Lipinski definition) is 1. The molecule has 27 heavy (non-hydrogen) atoms. The highest BCUT2D eigenvalue weighted by Gasteiger charge is 2.29. The minimum Gasteiger partial charge on any atom is -0.332 e. The van der Waals surface area contributed by atoms with E-state index in [1.165, 1.54) is 0 Å². The van der Waals surface area contributed by atoms with E-state index in [1.807, 2.05) is 38.2 Å². The lowest BCUT2D eigenvalue weighted by Gasteiger charge is -2.31. The van der Waals surface area contributed by atoms with Crippen molar-refractivity contribution in [1.82, 2.24) is 19.6 Å². The monoisotopic (exact) mass is 385 g/mol. The van der Waals surface area contributed by atoms with Gasteiger partial charge in [-0.05, 0) is 25.6 Å². The van der Waals surface area contributed by atoms with Gasteiger partial charge in [-0.2, -0.15) is 16.9 Å². The smallest absolute Gasteiger partial charge is 0.315 e. The van der Waals surface area contributed by atoms with E-state index in [9.17, 15) is 9.59 Å². The van der Waals surface area contributed by atoms with Crippen LogP contribution in [0.15, 0.2) is 24.3 Å². The van der Waals surface area contributed by atoms with Crippen LogP contribution in [0.4, 0.5) is 5.82 Å². The fourth-order valence-electron chi connectivity index (χ4n) is 3.43. The number of carbonyl (C=O) groups excluding carboxylic acids is 2. The van der Waals surface area contributed by atoms with Crippen molar-refractivity contribution in [2.45, 2.75) is 18.4 Å². The summed E-state index contributed by atoms with van der Waals surface area (Å²) in [5.41, 5.74) is 3.97. The molecule has 0 aliphatic carbocycles. The third-order valence-electron chi connectivity index (χ3n) is 5.11. The first-order chi connectivity index (χ1) is 13.0. The topological polar surface area (TPSA) is 70.5 Å². The molecule has 1 aromatic heterocycles. The number of nitrogens with one attached hydrogen (secondary N) is 1. The first-order valence-corrected chi connectivity index (χ1v) is 10.2. The van der Waals surface area contributed by atoms with Crippen LogP contribution >= 0.6 is 11.8 Å². The van der Waals surface area contributed by atoms with Crippen molar-refractivity contribution in [2.75, 3.05) is 38.5 Å². The van der Waals surface area contributed by atoms with Gasteiger partial charge in [0.2, 0.25) is 0 Å². The number of likely N-dealkylation sites (N-methyl/N-ethyl adjacent to an activating group) is 1. The van der Waals surface area contributed by atoms with Crippen molar-refractivity contribution >= 4 is 29.4 Å². The van der Waals surface area contributed by atoms with Gasteiger partial charge >= 0.3 is 11.8 Å². The average molecular weight is 385 g/mol. The maximum Gasteiger partial charge on any atom is 0.315 e. The van der Waals surface area contributed by atoms with Gasteiger partial charge in [0, 0.05) is 43.2 Å². The first kappa shape index (κ1) is 18.1. The number of piperazine rings is 1. The lowest BCUT2D eigenvalue weighted by molar-refractivity contribution is -0.144. The van der Waals surface area contributed by atoms with E-state index >= 15 is 0 Å². The van der Waals surface area contributed by atoms with E-state index < -0.39 is 11.8 Å². The number of carbonyl (C=O) groups is 2. The van der Waals surface area contributed by atoms with Crippen LogP contribution in [-0.2, 0) is 21.1 Å². The van der Waals surface area contributed by atoms with Crippen LogP contribution in [0, 0.1) is 6.92 Å². The molecule has 0 bridgehead atoms. The van der Waals surface area contributed by atoms with E-state index in [1.54, 1.807) is 21.3 Å². The fraction of sp³-hybridized carbons (Fsp3) is 0.421. The zero-order chi connectivity index (χ0) is 19.0. The number of rotatable bonds is 2. The highest BCUT2D eigenvalue weighted by atomic mass is 32.2. The summed E-state index contributed by atoms with van der Waals surface area (Å²) in [6, 6.07) is 7.91. The Morgan fingerprint density at radius 3 is 2.59 bits per heavy atom. The van der Waals surface area contributed by atoms with E-state index in [2.05, 4.69) is 10.2 Å². The van der Waals surface area contributed by atoms with E-state index in [0.29, 0.717) is 18.9 Å². The zero-order valence-corrected chi connectivity index (χ0v) is 16.4. The molecule has 8 heteroatoms. The number of aryl methyl sites for hydroxylation is 1. The predicted octanol–water partition coefficient (Wildman–Crippen LogP) is 1.64. The van der Waals surface area contributed by atoms with E-state index in [0.717, 1.165) is 47.1 Å². The molecule has 1 saturated heterocycles. The summed E-state index contributed by atoms with van der Waals surface area (Å²) in [5, 5.41) is 7.57. The molecule has 2 aliphatic rings. The van der Waals surface area contributed by atoms with Crippen LogP contribution in [0.2, 0.25) is 0 Å². The standard InChI is InChI=1S/C19H23N5O2S/c1-13-5-3-4-6-16(13)24-17(14-11-27-12-15(14)21-24)20-18(25)19(26)23-9-7-22(2)8-10-23/h3-6H,7-12H2,1-2H3,(H,20,25). The van der Waals surface area contributed by atoms with Crippen LogP contribution < -0.4 is 5.32 Å². The molecule has 0 unspecified atom stereocenters. The van der Waals surface area contributed by atoms with Crippen molar-refractivity contribution < 1.29 is 9.59 Å². The molecule has 0 saturated carbocycles. The molecule has 1 N–H and O–H groups in total. The average Bonchev–Trinajstić information content (AvgIpc) is 3.25. The Morgan fingerprint density at radius 2 is 1.85 bits per heavy atom. The quantitative estimate of drug-likeness (QED) is 0.796. The zero-order valence-electron chi connectivity index (χ0n) is 15.6. The fourth-order valence-corrected chi connectivity index (χ4v) is 4.47. The molecule has 0 radical (unpaired) electrons. The van der Waals surface area contributed by atoms with Crippen molar-refractivity contribution in [3.63, 3.8) is 0 Å². The number of hydrogen-bond acceptors (Lipinski definition) is 5. The molecular weight excluding hydrogens is 362 g/mol. The molecule has 0 atom stereocenters. The summed E-state index contributed by atoms with van der Waals surface area (Å²) in [4.78, 5) is 29.1. The Hall–Kier alpha value is -2.32. The van der Waals surface area contributed by atoms with Gasteiger partial charge < -0.3 is 15.1 Å².